The van der Waals surface area contributed by atoms with Crippen molar-refractivity contribution in [3.63, 3.8) is 0 Å². The Bertz CT molecular complexity index is 501. The van der Waals surface area contributed by atoms with Gasteiger partial charge in [-0.2, -0.15) is 0 Å². The third-order valence-corrected chi connectivity index (χ3v) is 3.85. The van der Waals surface area contributed by atoms with Gasteiger partial charge in [-0.1, -0.05) is 30.3 Å². The number of carbonyl (C=O) groups is 2. The Kier molecular flexibility index (Phi) is 7.03. The van der Waals surface area contributed by atoms with Crippen LogP contribution in [0.25, 0.3) is 0 Å². The largest absolute Gasteiger partial charge is 0.379 e. The van der Waals surface area contributed by atoms with Gasteiger partial charge < -0.3 is 15.0 Å². The maximum atomic E-state index is 12.0. The first-order valence-corrected chi connectivity index (χ1v) is 8.01. The van der Waals surface area contributed by atoms with Gasteiger partial charge in [-0.05, 0) is 5.56 Å². The second-order valence-corrected chi connectivity index (χ2v) is 5.66. The van der Waals surface area contributed by atoms with Gasteiger partial charge in [0.2, 0.25) is 11.8 Å². The average molecular weight is 319 g/mol. The van der Waals surface area contributed by atoms with Crippen LogP contribution in [-0.4, -0.2) is 67.6 Å². The van der Waals surface area contributed by atoms with Gasteiger partial charge in [0, 0.05) is 39.6 Å². The van der Waals surface area contributed by atoms with E-state index in [1.807, 2.05) is 30.3 Å². The molecule has 1 aliphatic rings. The van der Waals surface area contributed by atoms with E-state index in [0.29, 0.717) is 13.1 Å². The fourth-order valence-electron chi connectivity index (χ4n) is 2.49. The van der Waals surface area contributed by atoms with Crippen LogP contribution < -0.4 is 5.32 Å². The maximum absolute atomic E-state index is 12.0. The molecule has 1 aliphatic heterocycles. The highest BCUT2D eigenvalue weighted by Crippen LogP contribution is 2.04. The average Bonchev–Trinajstić information content (AvgIpc) is 2.56. The van der Waals surface area contributed by atoms with Crippen molar-refractivity contribution < 1.29 is 14.3 Å². The van der Waals surface area contributed by atoms with Crippen molar-refractivity contribution >= 4 is 11.8 Å². The summed E-state index contributed by atoms with van der Waals surface area (Å²) >= 11 is 0. The van der Waals surface area contributed by atoms with Gasteiger partial charge in [-0.25, -0.2) is 0 Å². The molecule has 0 atom stereocenters. The monoisotopic (exact) mass is 319 g/mol. The Labute approximate surface area is 137 Å². The Morgan fingerprint density at radius 2 is 1.91 bits per heavy atom. The lowest BCUT2D eigenvalue weighted by molar-refractivity contribution is -0.134. The molecule has 0 radical (unpaired) electrons. The summed E-state index contributed by atoms with van der Waals surface area (Å²) in [6.07, 6.45) is 0. The molecule has 126 valence electrons. The molecule has 1 aromatic carbocycles. The van der Waals surface area contributed by atoms with E-state index < -0.39 is 0 Å². The number of hydrogen-bond donors (Lipinski definition) is 1. The summed E-state index contributed by atoms with van der Waals surface area (Å²) in [7, 11) is 0. The zero-order chi connectivity index (χ0) is 16.5. The molecule has 1 aromatic rings. The molecule has 1 saturated heterocycles. The summed E-state index contributed by atoms with van der Waals surface area (Å²) in [5, 5.41) is 2.89. The van der Waals surface area contributed by atoms with Crippen molar-refractivity contribution in [1.29, 1.82) is 0 Å². The van der Waals surface area contributed by atoms with Crippen molar-refractivity contribution in [1.82, 2.24) is 15.1 Å². The molecule has 23 heavy (non-hydrogen) atoms. The summed E-state index contributed by atoms with van der Waals surface area (Å²) in [5.74, 6) is -0.221. The summed E-state index contributed by atoms with van der Waals surface area (Å²) < 4.78 is 5.29. The Hall–Kier alpha value is -1.92. The fraction of sp³-hybridized carbons (Fsp3) is 0.529. The molecule has 1 N–H and O–H groups in total. The Morgan fingerprint density at radius 3 is 2.57 bits per heavy atom. The van der Waals surface area contributed by atoms with Crippen molar-refractivity contribution in [3.05, 3.63) is 35.9 Å². The highest BCUT2D eigenvalue weighted by Gasteiger charge is 2.15. The van der Waals surface area contributed by atoms with E-state index in [4.69, 9.17) is 4.74 Å². The number of carbonyl (C=O) groups excluding carboxylic acids is 2. The molecule has 2 rings (SSSR count). The zero-order valence-electron chi connectivity index (χ0n) is 13.7. The van der Waals surface area contributed by atoms with Crippen LogP contribution in [0.5, 0.6) is 0 Å². The van der Waals surface area contributed by atoms with Gasteiger partial charge in [0.05, 0.1) is 19.8 Å². The molecule has 0 aliphatic carbocycles. The second kappa shape index (κ2) is 9.27. The van der Waals surface area contributed by atoms with Crippen LogP contribution in [-0.2, 0) is 20.9 Å². The standard InChI is InChI=1S/C17H25N3O3/c1-15(21)20(13-16-5-3-2-4-6-16)14-17(22)18-7-8-19-9-11-23-12-10-19/h2-6H,7-14H2,1H3,(H,18,22). The smallest absolute Gasteiger partial charge is 0.239 e. The number of morpholine rings is 1. The summed E-state index contributed by atoms with van der Waals surface area (Å²) in [6, 6.07) is 9.69. The number of amides is 2. The SMILES string of the molecule is CC(=O)N(CC(=O)NCCN1CCOCC1)Cc1ccccc1. The molecular weight excluding hydrogens is 294 g/mol. The van der Waals surface area contributed by atoms with Gasteiger partial charge in [0.25, 0.3) is 0 Å². The van der Waals surface area contributed by atoms with Crippen LogP contribution in [0, 0.1) is 0 Å². The number of ether oxygens (including phenoxy) is 1. The quantitative estimate of drug-likeness (QED) is 0.794. The van der Waals surface area contributed by atoms with E-state index >= 15 is 0 Å². The van der Waals surface area contributed by atoms with Gasteiger partial charge in [0.15, 0.2) is 0 Å². The highest BCUT2D eigenvalue weighted by molar-refractivity contribution is 5.83. The lowest BCUT2D eigenvalue weighted by atomic mass is 10.2. The van der Waals surface area contributed by atoms with Crippen molar-refractivity contribution in [2.75, 3.05) is 45.9 Å². The van der Waals surface area contributed by atoms with E-state index in [-0.39, 0.29) is 18.4 Å². The topological polar surface area (TPSA) is 61.9 Å². The van der Waals surface area contributed by atoms with Crippen LogP contribution in [0.2, 0.25) is 0 Å². The third kappa shape index (κ3) is 6.38. The predicted octanol–water partition coefficient (Wildman–Crippen LogP) is 0.484. The lowest BCUT2D eigenvalue weighted by Gasteiger charge is -2.26. The minimum atomic E-state index is -0.121. The normalized spacial score (nSPS) is 15.2. The Balaban J connectivity index is 1.73. The molecule has 2 amide bonds. The van der Waals surface area contributed by atoms with E-state index in [0.717, 1.165) is 38.4 Å². The van der Waals surface area contributed by atoms with E-state index in [2.05, 4.69) is 10.2 Å². The molecule has 0 spiro atoms. The van der Waals surface area contributed by atoms with E-state index in [1.165, 1.54) is 6.92 Å². The molecule has 0 bridgehead atoms. The number of benzene rings is 1. The molecule has 0 saturated carbocycles. The first-order valence-electron chi connectivity index (χ1n) is 8.01. The molecule has 0 unspecified atom stereocenters. The van der Waals surface area contributed by atoms with Crippen LogP contribution in [0.3, 0.4) is 0 Å². The van der Waals surface area contributed by atoms with Crippen molar-refractivity contribution in [2.45, 2.75) is 13.5 Å². The summed E-state index contributed by atoms with van der Waals surface area (Å²) in [5.41, 5.74) is 1.02. The van der Waals surface area contributed by atoms with Crippen LogP contribution in [0.4, 0.5) is 0 Å². The van der Waals surface area contributed by atoms with Gasteiger partial charge >= 0.3 is 0 Å². The first kappa shape index (κ1) is 17.4. The third-order valence-electron chi connectivity index (χ3n) is 3.85. The minimum Gasteiger partial charge on any atom is -0.379 e. The van der Waals surface area contributed by atoms with Gasteiger partial charge in [-0.15, -0.1) is 0 Å². The fourth-order valence-corrected chi connectivity index (χ4v) is 2.49. The predicted molar refractivity (Wildman–Crippen MR) is 87.8 cm³/mol. The zero-order valence-corrected chi connectivity index (χ0v) is 13.7. The van der Waals surface area contributed by atoms with Crippen molar-refractivity contribution in [3.8, 4) is 0 Å². The summed E-state index contributed by atoms with van der Waals surface area (Å²) in [4.78, 5) is 27.6. The van der Waals surface area contributed by atoms with Crippen molar-refractivity contribution in [2.24, 2.45) is 0 Å². The number of rotatable bonds is 7. The van der Waals surface area contributed by atoms with Crippen LogP contribution in [0.1, 0.15) is 12.5 Å². The van der Waals surface area contributed by atoms with Crippen LogP contribution >= 0.6 is 0 Å². The molecule has 6 heteroatoms. The van der Waals surface area contributed by atoms with Gasteiger partial charge in [0.1, 0.15) is 0 Å². The number of nitrogens with one attached hydrogen (secondary N) is 1. The number of hydrogen-bond acceptors (Lipinski definition) is 4. The van der Waals surface area contributed by atoms with E-state index in [1.54, 1.807) is 4.90 Å². The minimum absolute atomic E-state index is 0.0906. The second-order valence-electron chi connectivity index (χ2n) is 5.66. The molecule has 1 heterocycles. The van der Waals surface area contributed by atoms with Gasteiger partial charge in [-0.3, -0.25) is 14.5 Å². The van der Waals surface area contributed by atoms with Crippen LogP contribution in [0.15, 0.2) is 30.3 Å². The summed E-state index contributed by atoms with van der Waals surface area (Å²) in [6.45, 7) is 6.76. The lowest BCUT2D eigenvalue weighted by Crippen LogP contribution is -2.44. The molecule has 1 fully saturated rings. The highest BCUT2D eigenvalue weighted by atomic mass is 16.5. The Morgan fingerprint density at radius 1 is 1.22 bits per heavy atom. The molecule has 0 aromatic heterocycles. The molecule has 6 nitrogen and oxygen atoms in total. The molecular formula is C17H25N3O3. The maximum Gasteiger partial charge on any atom is 0.239 e. The van der Waals surface area contributed by atoms with E-state index in [9.17, 15) is 9.59 Å². The first-order chi connectivity index (χ1) is 11.1. The number of nitrogens with zero attached hydrogens (tertiary/aromatic N) is 2.